The molecular weight excluding hydrogens is 186 g/mol. The molecule has 0 atom stereocenters. The van der Waals surface area contributed by atoms with Gasteiger partial charge in [0.1, 0.15) is 5.69 Å². The molecule has 0 amide bonds. The van der Waals surface area contributed by atoms with Crippen LogP contribution in [0.25, 0.3) is 22.0 Å². The van der Waals surface area contributed by atoms with Crippen LogP contribution in [0, 0.1) is 0 Å². The third-order valence-corrected chi connectivity index (χ3v) is 2.46. The largest absolute Gasteiger partial charge is 0.197 e. The van der Waals surface area contributed by atoms with E-state index < -0.39 is 0 Å². The summed E-state index contributed by atoms with van der Waals surface area (Å²) in [5.41, 5.74) is 1.96. The van der Waals surface area contributed by atoms with Crippen LogP contribution in [-0.4, -0.2) is 15.4 Å². The number of nitrogens with zero attached hydrogens (tertiary/aromatic N) is 2. The molecule has 3 aromatic rings. The zero-order valence-electron chi connectivity index (χ0n) is 8.01. The fraction of sp³-hybridized carbons (Fsp3) is 0. The van der Waals surface area contributed by atoms with Gasteiger partial charge in [-0.15, -0.1) is 0 Å². The third-order valence-electron chi connectivity index (χ3n) is 2.46. The molecule has 0 fully saturated rings. The van der Waals surface area contributed by atoms with Crippen molar-refractivity contribution in [1.29, 1.82) is 0 Å². The monoisotopic (exact) mass is 195 g/mol. The first kappa shape index (κ1) is 8.17. The molecule has 1 heterocycles. The number of aromatic amines is 1. The molecule has 0 saturated heterocycles. The third kappa shape index (κ3) is 1.38. The summed E-state index contributed by atoms with van der Waals surface area (Å²) in [7, 11) is 0. The van der Waals surface area contributed by atoms with Crippen LogP contribution < -0.4 is 0 Å². The average molecular weight is 195 g/mol. The highest BCUT2D eigenvalue weighted by molar-refractivity contribution is 5.86. The summed E-state index contributed by atoms with van der Waals surface area (Å²) in [4.78, 5) is 0. The van der Waals surface area contributed by atoms with Crippen molar-refractivity contribution in [3.05, 3.63) is 48.7 Å². The summed E-state index contributed by atoms with van der Waals surface area (Å²) in [6.45, 7) is 0. The van der Waals surface area contributed by atoms with Crippen molar-refractivity contribution in [1.82, 2.24) is 15.4 Å². The number of H-pyrrole nitrogens is 1. The predicted octanol–water partition coefficient (Wildman–Crippen LogP) is 2.62. The maximum atomic E-state index is 4.06. The van der Waals surface area contributed by atoms with Gasteiger partial charge < -0.3 is 0 Å². The Morgan fingerprint density at radius 2 is 1.80 bits per heavy atom. The summed E-state index contributed by atoms with van der Waals surface area (Å²) in [5.74, 6) is 0. The molecule has 1 aromatic heterocycles. The first-order chi connectivity index (χ1) is 7.43. The molecule has 0 aliphatic rings. The van der Waals surface area contributed by atoms with Gasteiger partial charge in [0.2, 0.25) is 0 Å². The van der Waals surface area contributed by atoms with Crippen LogP contribution in [-0.2, 0) is 0 Å². The molecule has 72 valence electrons. The zero-order valence-corrected chi connectivity index (χ0v) is 8.01. The SMILES string of the molecule is c1ccc2cc(-c3cn[nH]n3)ccc2c1. The van der Waals surface area contributed by atoms with E-state index in [9.17, 15) is 0 Å². The highest BCUT2D eigenvalue weighted by Gasteiger charge is 2.00. The molecule has 0 aliphatic carbocycles. The summed E-state index contributed by atoms with van der Waals surface area (Å²) in [5, 5.41) is 12.9. The van der Waals surface area contributed by atoms with Crippen LogP contribution in [0.1, 0.15) is 0 Å². The fourth-order valence-corrected chi connectivity index (χ4v) is 1.69. The summed E-state index contributed by atoms with van der Waals surface area (Å²) in [6.07, 6.45) is 1.73. The highest BCUT2D eigenvalue weighted by Crippen LogP contribution is 2.21. The van der Waals surface area contributed by atoms with Crippen LogP contribution >= 0.6 is 0 Å². The molecule has 3 heteroatoms. The van der Waals surface area contributed by atoms with Crippen molar-refractivity contribution in [2.75, 3.05) is 0 Å². The van der Waals surface area contributed by atoms with Gasteiger partial charge in [0.05, 0.1) is 6.20 Å². The lowest BCUT2D eigenvalue weighted by Gasteiger charge is -1.99. The molecule has 15 heavy (non-hydrogen) atoms. The van der Waals surface area contributed by atoms with E-state index in [1.807, 2.05) is 12.1 Å². The number of aromatic nitrogens is 3. The Morgan fingerprint density at radius 1 is 0.933 bits per heavy atom. The van der Waals surface area contributed by atoms with Crippen LogP contribution in [0.15, 0.2) is 48.7 Å². The second-order valence-electron chi connectivity index (χ2n) is 3.42. The Bertz CT molecular complexity index is 585. The van der Waals surface area contributed by atoms with E-state index in [4.69, 9.17) is 0 Å². The standard InChI is InChI=1S/C12H9N3/c1-2-4-10-7-11(6-5-9(10)3-1)12-8-13-15-14-12/h1-8H,(H,13,14,15). The summed E-state index contributed by atoms with van der Waals surface area (Å²) in [6, 6.07) is 14.5. The number of nitrogens with one attached hydrogen (secondary N) is 1. The minimum atomic E-state index is 0.876. The van der Waals surface area contributed by atoms with Crippen molar-refractivity contribution in [2.24, 2.45) is 0 Å². The molecule has 2 aromatic carbocycles. The minimum absolute atomic E-state index is 0.876. The van der Waals surface area contributed by atoms with E-state index in [1.165, 1.54) is 10.8 Å². The maximum absolute atomic E-state index is 4.06. The normalized spacial score (nSPS) is 10.7. The van der Waals surface area contributed by atoms with E-state index in [1.54, 1.807) is 6.20 Å². The molecular formula is C12H9N3. The summed E-state index contributed by atoms with van der Waals surface area (Å²) < 4.78 is 0. The Hall–Kier alpha value is -2.16. The van der Waals surface area contributed by atoms with Crippen LogP contribution in [0.4, 0.5) is 0 Å². The number of benzene rings is 2. The van der Waals surface area contributed by atoms with Gasteiger partial charge >= 0.3 is 0 Å². The maximum Gasteiger partial charge on any atom is 0.112 e. The van der Waals surface area contributed by atoms with Gasteiger partial charge in [-0.1, -0.05) is 36.4 Å². The first-order valence-electron chi connectivity index (χ1n) is 4.78. The molecule has 0 unspecified atom stereocenters. The topological polar surface area (TPSA) is 41.6 Å². The zero-order chi connectivity index (χ0) is 10.1. The number of hydrogen-bond donors (Lipinski definition) is 1. The molecule has 0 aliphatic heterocycles. The molecule has 0 bridgehead atoms. The van der Waals surface area contributed by atoms with Gasteiger partial charge in [0.15, 0.2) is 0 Å². The van der Waals surface area contributed by atoms with Crippen molar-refractivity contribution in [2.45, 2.75) is 0 Å². The van der Waals surface area contributed by atoms with Gasteiger partial charge in [-0.25, -0.2) is 0 Å². The van der Waals surface area contributed by atoms with E-state index >= 15 is 0 Å². The lowest BCUT2D eigenvalue weighted by Crippen LogP contribution is -1.78. The molecule has 0 radical (unpaired) electrons. The van der Waals surface area contributed by atoms with E-state index in [-0.39, 0.29) is 0 Å². The fourth-order valence-electron chi connectivity index (χ4n) is 1.69. The lowest BCUT2D eigenvalue weighted by atomic mass is 10.1. The van der Waals surface area contributed by atoms with E-state index in [0.29, 0.717) is 0 Å². The van der Waals surface area contributed by atoms with Crippen molar-refractivity contribution in [3.63, 3.8) is 0 Å². The Morgan fingerprint density at radius 3 is 2.60 bits per heavy atom. The van der Waals surface area contributed by atoms with Gasteiger partial charge in [-0.05, 0) is 16.8 Å². The average Bonchev–Trinajstić information content (AvgIpc) is 2.82. The minimum Gasteiger partial charge on any atom is -0.197 e. The van der Waals surface area contributed by atoms with Crippen LogP contribution in [0.3, 0.4) is 0 Å². The van der Waals surface area contributed by atoms with Crippen LogP contribution in [0.5, 0.6) is 0 Å². The second-order valence-corrected chi connectivity index (χ2v) is 3.42. The molecule has 1 N–H and O–H groups in total. The molecule has 0 spiro atoms. The summed E-state index contributed by atoms with van der Waals surface area (Å²) >= 11 is 0. The number of fused-ring (bicyclic) bond motifs is 1. The first-order valence-corrected chi connectivity index (χ1v) is 4.78. The number of rotatable bonds is 1. The van der Waals surface area contributed by atoms with Gasteiger partial charge in [0, 0.05) is 5.56 Å². The predicted molar refractivity (Wildman–Crippen MR) is 59.3 cm³/mol. The van der Waals surface area contributed by atoms with E-state index in [0.717, 1.165) is 11.3 Å². The quantitative estimate of drug-likeness (QED) is 0.648. The van der Waals surface area contributed by atoms with Crippen molar-refractivity contribution < 1.29 is 0 Å². The Kier molecular flexibility index (Phi) is 1.75. The van der Waals surface area contributed by atoms with Gasteiger partial charge in [-0.3, -0.25) is 0 Å². The van der Waals surface area contributed by atoms with Crippen molar-refractivity contribution >= 4 is 10.8 Å². The van der Waals surface area contributed by atoms with Crippen LogP contribution in [0.2, 0.25) is 0 Å². The van der Waals surface area contributed by atoms with Gasteiger partial charge in [-0.2, -0.15) is 15.4 Å². The smallest absolute Gasteiger partial charge is 0.112 e. The molecule has 0 saturated carbocycles. The van der Waals surface area contributed by atoms with E-state index in [2.05, 4.69) is 45.7 Å². The Balaban J connectivity index is 2.22. The molecule has 3 nitrogen and oxygen atoms in total. The lowest BCUT2D eigenvalue weighted by molar-refractivity contribution is 0.942. The molecule has 3 rings (SSSR count). The highest BCUT2D eigenvalue weighted by atomic mass is 15.3. The van der Waals surface area contributed by atoms with Crippen molar-refractivity contribution in [3.8, 4) is 11.3 Å². The Labute approximate surface area is 86.8 Å². The second kappa shape index (κ2) is 3.20. The number of hydrogen-bond acceptors (Lipinski definition) is 2. The van der Waals surface area contributed by atoms with Gasteiger partial charge in [0.25, 0.3) is 0 Å².